The topological polar surface area (TPSA) is 143 Å². The molecular weight excluding hydrogens is 520 g/mol. The number of hydrogen-bond acceptors (Lipinski definition) is 7. The number of anilines is 1. The quantitative estimate of drug-likeness (QED) is 0.295. The van der Waals surface area contributed by atoms with Gasteiger partial charge >= 0.3 is 5.97 Å². The highest BCUT2D eigenvalue weighted by molar-refractivity contribution is 7.96. The first kappa shape index (κ1) is 28.3. The van der Waals surface area contributed by atoms with Gasteiger partial charge in [-0.3, -0.25) is 4.72 Å². The van der Waals surface area contributed by atoms with Gasteiger partial charge in [-0.25, -0.2) is 18.2 Å². The van der Waals surface area contributed by atoms with Crippen LogP contribution in [0.5, 0.6) is 0 Å². The molecule has 1 heterocycles. The minimum atomic E-state index is -3.82. The van der Waals surface area contributed by atoms with Crippen LogP contribution in [0.1, 0.15) is 43.3 Å². The average Bonchev–Trinajstić information content (AvgIpc) is 3.32. The Kier molecular flexibility index (Phi) is 8.42. The van der Waals surface area contributed by atoms with E-state index >= 15 is 0 Å². The molecule has 1 unspecified atom stereocenters. The van der Waals surface area contributed by atoms with Crippen LogP contribution in [0.2, 0.25) is 0 Å². The van der Waals surface area contributed by atoms with Crippen molar-refractivity contribution < 1.29 is 28.2 Å². The lowest BCUT2D eigenvalue weighted by Crippen LogP contribution is -2.42. The van der Waals surface area contributed by atoms with Crippen LogP contribution in [0.25, 0.3) is 6.08 Å². The van der Waals surface area contributed by atoms with Crippen LogP contribution >= 0.6 is 0 Å². The maximum absolute atomic E-state index is 12.6. The molecule has 4 N–H and O–H groups in total. The summed E-state index contributed by atoms with van der Waals surface area (Å²) in [6.45, 7) is 4.95. The van der Waals surface area contributed by atoms with Crippen LogP contribution < -0.4 is 10.0 Å². The fourth-order valence-corrected chi connectivity index (χ4v) is 5.39. The smallest absolute Gasteiger partial charge is 0.334 e. The van der Waals surface area contributed by atoms with E-state index in [2.05, 4.69) is 26.5 Å². The molecular formula is C28H32N4O6S. The molecule has 206 valence electrons. The molecule has 0 saturated heterocycles. The zero-order chi connectivity index (χ0) is 28.2. The number of carboxylic acid groups (broad SMARTS) is 1. The lowest BCUT2D eigenvalue weighted by Gasteiger charge is -2.29. The van der Waals surface area contributed by atoms with E-state index in [1.165, 1.54) is 13.2 Å². The average molecular weight is 553 g/mol. The number of methoxy groups -OCH3 is 1. The summed E-state index contributed by atoms with van der Waals surface area (Å²) in [4.78, 5) is 15.9. The number of β-amino-alcohol motifs (C(OH)–C–C–N with tert-alkyl or cyclic N) is 1. The molecule has 0 radical (unpaired) electrons. The monoisotopic (exact) mass is 552 g/mol. The molecule has 0 fully saturated rings. The predicted octanol–water partition coefficient (Wildman–Crippen LogP) is 2.92. The van der Waals surface area contributed by atoms with Gasteiger partial charge in [0.15, 0.2) is 0 Å². The molecule has 0 bridgehead atoms. The maximum Gasteiger partial charge on any atom is 0.334 e. The molecule has 2 aliphatic rings. The molecule has 1 aromatic heterocycles. The lowest BCUT2D eigenvalue weighted by atomic mass is 9.96. The Morgan fingerprint density at radius 2 is 2.15 bits per heavy atom. The van der Waals surface area contributed by atoms with Gasteiger partial charge in [-0.05, 0) is 61.9 Å². The fraction of sp³-hybridized carbons (Fsp3) is 0.357. The molecule has 39 heavy (non-hydrogen) atoms. The third kappa shape index (κ3) is 6.85. The summed E-state index contributed by atoms with van der Waals surface area (Å²) in [5.74, 6) is -1.01. The van der Waals surface area contributed by atoms with Crippen molar-refractivity contribution in [2.75, 3.05) is 18.4 Å². The second kappa shape index (κ2) is 11.6. The summed E-state index contributed by atoms with van der Waals surface area (Å²) >= 11 is 0. The van der Waals surface area contributed by atoms with E-state index < -0.39 is 28.2 Å². The van der Waals surface area contributed by atoms with E-state index in [1.807, 2.05) is 18.4 Å². The van der Waals surface area contributed by atoms with E-state index in [0.717, 1.165) is 5.69 Å². The SMILES string of the molecule is COC1Cc2c(ncn2CCC(C)(C)NC[C@H](O)c2cccc(NS(=O)(=O)C3=C=C=CC=C3)c2)C=C1C(=O)O. The minimum absolute atomic E-state index is 0.0189. The molecule has 2 aromatic rings. The fourth-order valence-electron chi connectivity index (χ4n) is 4.39. The van der Waals surface area contributed by atoms with Gasteiger partial charge in [0.05, 0.1) is 29.8 Å². The number of sulfonamides is 1. The minimum Gasteiger partial charge on any atom is -0.478 e. The Morgan fingerprint density at radius 3 is 2.85 bits per heavy atom. The van der Waals surface area contributed by atoms with Crippen molar-refractivity contribution in [2.24, 2.45) is 0 Å². The number of ether oxygens (including phenoxy) is 1. The number of imidazole rings is 1. The Balaban J connectivity index is 1.36. The number of aliphatic hydroxyl groups excluding tert-OH is 1. The predicted molar refractivity (Wildman–Crippen MR) is 147 cm³/mol. The molecule has 2 atom stereocenters. The zero-order valence-corrected chi connectivity index (χ0v) is 22.8. The first-order valence-corrected chi connectivity index (χ1v) is 13.9. The van der Waals surface area contributed by atoms with E-state index in [9.17, 15) is 23.4 Å². The highest BCUT2D eigenvalue weighted by atomic mass is 32.2. The third-order valence-corrected chi connectivity index (χ3v) is 8.04. The molecule has 4 rings (SSSR count). The van der Waals surface area contributed by atoms with Crippen LogP contribution in [0.3, 0.4) is 0 Å². The number of aryl methyl sites for hydroxylation is 1. The van der Waals surface area contributed by atoms with Gasteiger partial charge in [0.2, 0.25) is 0 Å². The van der Waals surface area contributed by atoms with Crippen molar-refractivity contribution in [1.29, 1.82) is 0 Å². The Labute approximate surface area is 227 Å². The highest BCUT2D eigenvalue weighted by Crippen LogP contribution is 2.27. The lowest BCUT2D eigenvalue weighted by molar-refractivity contribution is -0.133. The van der Waals surface area contributed by atoms with Gasteiger partial charge in [-0.2, -0.15) is 0 Å². The van der Waals surface area contributed by atoms with Crippen LogP contribution in [-0.2, 0) is 32.5 Å². The first-order valence-electron chi connectivity index (χ1n) is 12.4. The summed E-state index contributed by atoms with van der Waals surface area (Å²) in [5.41, 5.74) is 7.52. The van der Waals surface area contributed by atoms with Crippen molar-refractivity contribution >= 4 is 27.8 Å². The number of benzene rings is 1. The van der Waals surface area contributed by atoms with Crippen molar-refractivity contribution in [3.8, 4) is 0 Å². The summed E-state index contributed by atoms with van der Waals surface area (Å²) < 4.78 is 35.1. The van der Waals surface area contributed by atoms with Crippen LogP contribution in [0.4, 0.5) is 5.69 Å². The van der Waals surface area contributed by atoms with Crippen molar-refractivity contribution in [3.63, 3.8) is 0 Å². The van der Waals surface area contributed by atoms with E-state index in [-0.39, 0.29) is 22.6 Å². The number of fused-ring (bicyclic) bond motifs is 1. The number of aliphatic hydroxyl groups is 1. The van der Waals surface area contributed by atoms with Gasteiger partial charge < -0.3 is 24.8 Å². The number of carboxylic acids is 1. The van der Waals surface area contributed by atoms with Crippen LogP contribution in [-0.4, -0.2) is 59.4 Å². The second-order valence-electron chi connectivity index (χ2n) is 10.0. The van der Waals surface area contributed by atoms with Crippen molar-refractivity contribution in [3.05, 3.63) is 87.7 Å². The standard InChI is InChI=1S/C28H32N4O6S/c1-28(2,12-13-32-18-29-23-15-22(27(34)35)26(38-3)16-24(23)32)30-17-25(33)19-8-7-9-20(14-19)31-39(36,37)21-10-5-4-6-11-21/h4-5,7-10,14-15,18,25-26,30-31,33H,12-13,16-17H2,1-3H3,(H,34,35)/t25-,26?/m0/s1. The molecule has 0 saturated carbocycles. The van der Waals surface area contributed by atoms with E-state index in [1.54, 1.807) is 48.8 Å². The Bertz CT molecular complexity index is 1520. The van der Waals surface area contributed by atoms with Crippen LogP contribution in [0, 0.1) is 0 Å². The highest BCUT2D eigenvalue weighted by Gasteiger charge is 2.29. The van der Waals surface area contributed by atoms with Gasteiger partial charge in [-0.1, -0.05) is 23.9 Å². The summed E-state index contributed by atoms with van der Waals surface area (Å²) in [6.07, 6.45) is 7.59. The molecule has 0 amide bonds. The van der Waals surface area contributed by atoms with Crippen molar-refractivity contribution in [1.82, 2.24) is 14.9 Å². The molecule has 1 aromatic carbocycles. The second-order valence-corrected chi connectivity index (χ2v) is 11.7. The molecule has 10 nitrogen and oxygen atoms in total. The summed E-state index contributed by atoms with van der Waals surface area (Å²) in [7, 11) is -2.32. The summed E-state index contributed by atoms with van der Waals surface area (Å²) in [6, 6.07) is 6.64. The van der Waals surface area contributed by atoms with Gasteiger partial charge in [0, 0.05) is 43.5 Å². The third-order valence-electron chi connectivity index (χ3n) is 6.72. The van der Waals surface area contributed by atoms with Crippen LogP contribution in [0.15, 0.2) is 70.8 Å². The molecule has 2 aliphatic carbocycles. The number of nitrogens with zero attached hydrogens (tertiary/aromatic N) is 2. The first-order chi connectivity index (χ1) is 18.5. The van der Waals surface area contributed by atoms with E-state index in [4.69, 9.17) is 4.74 Å². The van der Waals surface area contributed by atoms with Gasteiger partial charge in [0.1, 0.15) is 4.91 Å². The number of aliphatic carboxylic acids is 1. The molecule has 0 spiro atoms. The number of nitrogens with one attached hydrogen (secondary N) is 2. The number of allylic oxidation sites excluding steroid dienone is 3. The van der Waals surface area contributed by atoms with Crippen molar-refractivity contribution in [2.45, 2.75) is 51.0 Å². The van der Waals surface area contributed by atoms with Gasteiger partial charge in [-0.15, -0.1) is 0 Å². The Morgan fingerprint density at radius 1 is 1.36 bits per heavy atom. The Hall–Kier alpha value is -3.69. The molecule has 0 aliphatic heterocycles. The zero-order valence-electron chi connectivity index (χ0n) is 22.0. The summed E-state index contributed by atoms with van der Waals surface area (Å²) in [5, 5.41) is 23.7. The number of aromatic nitrogens is 2. The molecule has 11 heteroatoms. The normalized spacial score (nSPS) is 17.4. The van der Waals surface area contributed by atoms with E-state index in [0.29, 0.717) is 36.3 Å². The number of hydrogen-bond donors (Lipinski definition) is 4. The largest absolute Gasteiger partial charge is 0.478 e. The number of rotatable bonds is 12. The maximum atomic E-state index is 12.6. The number of carbonyl (C=O) groups is 1. The van der Waals surface area contributed by atoms with Gasteiger partial charge in [0.25, 0.3) is 10.0 Å².